The van der Waals surface area contributed by atoms with Crippen molar-refractivity contribution in [1.82, 2.24) is 9.55 Å². The molecule has 65 valence electrons. The minimum Gasteiger partial charge on any atom is -0.301 e. The van der Waals surface area contributed by atoms with Crippen LogP contribution in [0, 0.1) is 18.8 Å². The van der Waals surface area contributed by atoms with Crippen molar-refractivity contribution in [3.63, 3.8) is 0 Å². The highest BCUT2D eigenvalue weighted by molar-refractivity contribution is 5.33. The molecule has 0 atom stereocenters. The molecule has 0 amide bonds. The Bertz CT molecular complexity index is 420. The third-order valence-electron chi connectivity index (χ3n) is 1.88. The summed E-state index contributed by atoms with van der Waals surface area (Å²) in [4.78, 5) is 4.02. The average Bonchev–Trinajstić information content (AvgIpc) is 2.52. The molecule has 0 aliphatic carbocycles. The number of rotatable bonds is 1. The molecule has 1 aromatic carbocycles. The van der Waals surface area contributed by atoms with E-state index in [4.69, 9.17) is 0 Å². The molecule has 0 bridgehead atoms. The maximum Gasteiger partial charge on any atom is 0.147 e. The van der Waals surface area contributed by atoms with Crippen molar-refractivity contribution in [2.75, 3.05) is 0 Å². The first-order valence-electron chi connectivity index (χ1n) is 3.95. The van der Waals surface area contributed by atoms with E-state index in [1.165, 1.54) is 6.07 Å². The smallest absolute Gasteiger partial charge is 0.147 e. The van der Waals surface area contributed by atoms with E-state index in [0.717, 1.165) is 5.82 Å². The number of nitrogens with zero attached hydrogens (tertiary/aromatic N) is 2. The third-order valence-corrected chi connectivity index (χ3v) is 1.88. The highest BCUT2D eigenvalue weighted by Gasteiger charge is 2.04. The van der Waals surface area contributed by atoms with Crippen LogP contribution in [0.4, 0.5) is 4.39 Å². The number of halogens is 1. The van der Waals surface area contributed by atoms with Crippen molar-refractivity contribution in [1.29, 1.82) is 0 Å². The molecule has 2 aromatic rings. The Labute approximate surface area is 75.7 Å². The van der Waals surface area contributed by atoms with Crippen LogP contribution in [-0.2, 0) is 0 Å². The first-order valence-corrected chi connectivity index (χ1v) is 3.95. The molecular formula is C10H8FN2. The molecule has 13 heavy (non-hydrogen) atoms. The molecule has 2 rings (SSSR count). The van der Waals surface area contributed by atoms with Gasteiger partial charge in [-0.25, -0.2) is 9.37 Å². The first-order chi connectivity index (χ1) is 6.29. The third kappa shape index (κ3) is 1.33. The molecule has 2 nitrogen and oxygen atoms in total. The molecule has 0 aliphatic heterocycles. The summed E-state index contributed by atoms with van der Waals surface area (Å²) < 4.78 is 15.0. The van der Waals surface area contributed by atoms with Gasteiger partial charge < -0.3 is 4.57 Å². The summed E-state index contributed by atoms with van der Waals surface area (Å²) in [7, 11) is 0. The van der Waals surface area contributed by atoms with E-state index in [1.807, 2.05) is 6.92 Å². The van der Waals surface area contributed by atoms with Crippen LogP contribution in [-0.4, -0.2) is 9.55 Å². The molecule has 3 heteroatoms. The van der Waals surface area contributed by atoms with Crippen LogP contribution in [0.15, 0.2) is 30.6 Å². The number of aromatic nitrogens is 2. The second-order valence-electron chi connectivity index (χ2n) is 2.72. The Hall–Kier alpha value is -1.64. The lowest BCUT2D eigenvalue weighted by Crippen LogP contribution is -1.98. The van der Waals surface area contributed by atoms with Gasteiger partial charge in [-0.3, -0.25) is 0 Å². The molecule has 0 aliphatic rings. The number of hydrogen-bond acceptors (Lipinski definition) is 1. The topological polar surface area (TPSA) is 17.8 Å². The molecule has 0 saturated heterocycles. The number of benzene rings is 1. The average molecular weight is 175 g/mol. The van der Waals surface area contributed by atoms with E-state index in [2.05, 4.69) is 11.1 Å². The highest BCUT2D eigenvalue weighted by Crippen LogP contribution is 2.13. The van der Waals surface area contributed by atoms with Gasteiger partial charge in [0.25, 0.3) is 0 Å². The van der Waals surface area contributed by atoms with Gasteiger partial charge in [-0.15, -0.1) is 0 Å². The molecule has 0 fully saturated rings. The Morgan fingerprint density at radius 2 is 2.38 bits per heavy atom. The SMILES string of the molecule is Cc1nccn1-c1cc[c]cc1F. The van der Waals surface area contributed by atoms with Crippen molar-refractivity contribution >= 4 is 0 Å². The number of hydrogen-bond donors (Lipinski definition) is 0. The summed E-state index contributed by atoms with van der Waals surface area (Å²) in [6, 6.07) is 7.34. The number of aryl methyl sites for hydroxylation is 1. The zero-order valence-electron chi connectivity index (χ0n) is 7.16. The molecule has 0 N–H and O–H groups in total. The summed E-state index contributed by atoms with van der Waals surface area (Å²) in [5, 5.41) is 0. The summed E-state index contributed by atoms with van der Waals surface area (Å²) in [6.07, 6.45) is 3.37. The molecule has 1 heterocycles. The Morgan fingerprint density at radius 1 is 1.54 bits per heavy atom. The van der Waals surface area contributed by atoms with Crippen molar-refractivity contribution in [3.8, 4) is 5.69 Å². The van der Waals surface area contributed by atoms with Gasteiger partial charge in [-0.2, -0.15) is 0 Å². The standard InChI is InChI=1S/C10H8FN2/c1-8-12-6-7-13(8)10-5-3-2-4-9(10)11/h3-7H,1H3. The Morgan fingerprint density at radius 3 is 3.00 bits per heavy atom. The van der Waals surface area contributed by atoms with Gasteiger partial charge in [0.15, 0.2) is 0 Å². The van der Waals surface area contributed by atoms with Crippen molar-refractivity contribution in [2.45, 2.75) is 6.92 Å². The molecule has 0 spiro atoms. The Kier molecular flexibility index (Phi) is 1.85. The van der Waals surface area contributed by atoms with Crippen molar-refractivity contribution < 1.29 is 4.39 Å². The van der Waals surface area contributed by atoms with E-state index in [-0.39, 0.29) is 5.82 Å². The molecule has 0 unspecified atom stereocenters. The number of imidazole rings is 1. The highest BCUT2D eigenvalue weighted by atomic mass is 19.1. The van der Waals surface area contributed by atoms with Gasteiger partial charge in [0.1, 0.15) is 11.6 Å². The lowest BCUT2D eigenvalue weighted by molar-refractivity contribution is 0.616. The van der Waals surface area contributed by atoms with Crippen LogP contribution in [0.25, 0.3) is 5.69 Å². The second-order valence-corrected chi connectivity index (χ2v) is 2.72. The summed E-state index contributed by atoms with van der Waals surface area (Å²) in [5.74, 6) is 0.480. The maximum atomic E-state index is 13.3. The van der Waals surface area contributed by atoms with Crippen LogP contribution in [0.5, 0.6) is 0 Å². The quantitative estimate of drug-likeness (QED) is 0.649. The van der Waals surface area contributed by atoms with Gasteiger partial charge in [0, 0.05) is 12.4 Å². The monoisotopic (exact) mass is 175 g/mol. The van der Waals surface area contributed by atoms with Crippen LogP contribution in [0.3, 0.4) is 0 Å². The fourth-order valence-corrected chi connectivity index (χ4v) is 1.23. The van der Waals surface area contributed by atoms with Crippen LogP contribution in [0.2, 0.25) is 0 Å². The van der Waals surface area contributed by atoms with Gasteiger partial charge in [0.2, 0.25) is 0 Å². The minimum atomic E-state index is -0.288. The fourth-order valence-electron chi connectivity index (χ4n) is 1.23. The summed E-state index contributed by atoms with van der Waals surface area (Å²) >= 11 is 0. The van der Waals surface area contributed by atoms with Gasteiger partial charge in [-0.05, 0) is 25.1 Å². The zero-order chi connectivity index (χ0) is 9.26. The molecular weight excluding hydrogens is 167 g/mol. The summed E-state index contributed by atoms with van der Waals surface area (Å²) in [6.45, 7) is 1.83. The minimum absolute atomic E-state index is 0.288. The first kappa shape index (κ1) is 7.98. The lowest BCUT2D eigenvalue weighted by Gasteiger charge is -2.04. The second kappa shape index (κ2) is 3.01. The lowest BCUT2D eigenvalue weighted by atomic mass is 10.3. The maximum absolute atomic E-state index is 13.3. The predicted octanol–water partition coefficient (Wildman–Crippen LogP) is 2.12. The molecule has 0 saturated carbocycles. The van der Waals surface area contributed by atoms with E-state index in [9.17, 15) is 4.39 Å². The van der Waals surface area contributed by atoms with Crippen LogP contribution >= 0.6 is 0 Å². The van der Waals surface area contributed by atoms with Crippen molar-refractivity contribution in [2.24, 2.45) is 0 Å². The van der Waals surface area contributed by atoms with Crippen LogP contribution < -0.4 is 0 Å². The normalized spacial score (nSPS) is 10.3. The summed E-state index contributed by atoms with van der Waals surface area (Å²) in [5.41, 5.74) is 0.508. The predicted molar refractivity (Wildman–Crippen MR) is 47.1 cm³/mol. The Balaban J connectivity index is 2.59. The van der Waals surface area contributed by atoms with Gasteiger partial charge in [0.05, 0.1) is 5.69 Å². The van der Waals surface area contributed by atoms with Gasteiger partial charge in [-0.1, -0.05) is 6.07 Å². The zero-order valence-corrected chi connectivity index (χ0v) is 7.16. The van der Waals surface area contributed by atoms with E-state index in [0.29, 0.717) is 5.69 Å². The largest absolute Gasteiger partial charge is 0.301 e. The molecule has 1 aromatic heterocycles. The van der Waals surface area contributed by atoms with Crippen LogP contribution in [0.1, 0.15) is 5.82 Å². The van der Waals surface area contributed by atoms with Gasteiger partial charge >= 0.3 is 0 Å². The van der Waals surface area contributed by atoms with Crippen molar-refractivity contribution in [3.05, 3.63) is 48.3 Å². The van der Waals surface area contributed by atoms with E-state index >= 15 is 0 Å². The van der Waals surface area contributed by atoms with E-state index in [1.54, 1.807) is 29.1 Å². The fraction of sp³-hybridized carbons (Fsp3) is 0.100. The van der Waals surface area contributed by atoms with E-state index < -0.39 is 0 Å². The molecule has 1 radical (unpaired) electrons.